The number of nitrogens with two attached hydrogens (primary N) is 3. The largest absolute Gasteiger partial charge is 0.549 e. The molecule has 0 radical (unpaired) electrons. The van der Waals surface area contributed by atoms with Crippen molar-refractivity contribution >= 4 is 24.9 Å². The number of hydrogen-bond donors (Lipinski definition) is 5. The maximum atomic E-state index is 11.3. The van der Waals surface area contributed by atoms with Crippen LogP contribution >= 0.6 is 0 Å². The molecule has 8 N–H and O–H groups in total. The summed E-state index contributed by atoms with van der Waals surface area (Å²) in [6.45, 7) is 0.669. The van der Waals surface area contributed by atoms with Crippen molar-refractivity contribution in [3.8, 4) is 5.75 Å². The van der Waals surface area contributed by atoms with Gasteiger partial charge < -0.3 is 32.0 Å². The van der Waals surface area contributed by atoms with Crippen LogP contribution in [0.1, 0.15) is 48.0 Å². The van der Waals surface area contributed by atoms with Gasteiger partial charge in [-0.2, -0.15) is 0 Å². The smallest absolute Gasteiger partial charge is 0.534 e. The van der Waals surface area contributed by atoms with Crippen molar-refractivity contribution in [2.24, 2.45) is 39.0 Å². The Labute approximate surface area is 170 Å². The first-order valence-electron chi connectivity index (χ1n) is 9.91. The Bertz CT molecular complexity index is 804. The molecule has 1 atom stereocenters. The number of nitrogens with zero attached hydrogens (tertiary/aromatic N) is 2. The number of fused-ring (bicyclic) bond motifs is 1. The molecule has 1 aromatic carbocycles. The van der Waals surface area contributed by atoms with E-state index < -0.39 is 19.0 Å². The number of hydrogen-bond acceptors (Lipinski definition) is 5. The van der Waals surface area contributed by atoms with E-state index in [1.54, 1.807) is 12.1 Å². The van der Waals surface area contributed by atoms with Crippen molar-refractivity contribution in [2.75, 3.05) is 6.54 Å². The van der Waals surface area contributed by atoms with Crippen molar-refractivity contribution < 1.29 is 19.6 Å². The number of carboxylic acid groups (broad SMARTS) is 1. The van der Waals surface area contributed by atoms with Crippen LogP contribution in [-0.2, 0) is 6.42 Å². The standard InChI is InChI=1S/C19H28BN5O4/c21-16(8-11-4-6-12(7-5-11)10-24-19(22)23)25-15-9-13-2-1-3-14(18(26)27)17(13)29-20(15)28/h1-3,11-12,15,28H,4-10H2,(H2,21,25)(H,26,27)(H4,22,23,24)/t11?,12?,15-/m0/s1. The molecule has 0 bridgehead atoms. The summed E-state index contributed by atoms with van der Waals surface area (Å²) >= 11 is 0. The van der Waals surface area contributed by atoms with Crippen molar-refractivity contribution in [1.82, 2.24) is 0 Å². The molecular formula is C19H28BN5O4. The number of benzene rings is 1. The van der Waals surface area contributed by atoms with E-state index in [1.165, 1.54) is 6.07 Å². The first-order chi connectivity index (χ1) is 13.8. The molecule has 3 rings (SSSR count). The second-order valence-corrected chi connectivity index (χ2v) is 7.86. The highest BCUT2D eigenvalue weighted by molar-refractivity contribution is 6.46. The molecule has 1 aliphatic carbocycles. The maximum Gasteiger partial charge on any atom is 0.549 e. The van der Waals surface area contributed by atoms with Crippen LogP contribution in [0.4, 0.5) is 0 Å². The number of amidine groups is 1. The second-order valence-electron chi connectivity index (χ2n) is 7.86. The molecule has 9 nitrogen and oxygen atoms in total. The minimum Gasteiger partial charge on any atom is -0.534 e. The van der Waals surface area contributed by atoms with Gasteiger partial charge in [0.05, 0.1) is 11.4 Å². The van der Waals surface area contributed by atoms with Crippen molar-refractivity contribution in [2.45, 2.75) is 44.5 Å². The van der Waals surface area contributed by atoms with Crippen LogP contribution < -0.4 is 21.9 Å². The number of carboxylic acids is 1. The first kappa shape index (κ1) is 21.0. The summed E-state index contributed by atoms with van der Waals surface area (Å²) in [6.07, 6.45) is 5.22. The van der Waals surface area contributed by atoms with E-state index >= 15 is 0 Å². The number of aliphatic imine (C=N–C) groups is 2. The Hall–Kier alpha value is -2.75. The third kappa shape index (κ3) is 5.41. The Morgan fingerprint density at radius 3 is 2.52 bits per heavy atom. The lowest BCUT2D eigenvalue weighted by molar-refractivity contribution is 0.0694. The molecule has 1 saturated carbocycles. The van der Waals surface area contributed by atoms with Crippen molar-refractivity contribution in [3.05, 3.63) is 29.3 Å². The van der Waals surface area contributed by atoms with Gasteiger partial charge in [-0.3, -0.25) is 9.98 Å². The van der Waals surface area contributed by atoms with Gasteiger partial charge in [0, 0.05) is 13.0 Å². The molecule has 2 aliphatic rings. The number of para-hydroxylation sites is 1. The first-order valence-corrected chi connectivity index (χ1v) is 9.91. The summed E-state index contributed by atoms with van der Waals surface area (Å²) in [6, 6.07) is 4.90. The molecule has 1 heterocycles. The van der Waals surface area contributed by atoms with Crippen LogP contribution in [0, 0.1) is 11.8 Å². The zero-order chi connectivity index (χ0) is 21.0. The molecule has 156 valence electrons. The van der Waals surface area contributed by atoms with E-state index in [0.717, 1.165) is 25.7 Å². The summed E-state index contributed by atoms with van der Waals surface area (Å²) in [5, 5.41) is 19.6. The molecule has 1 fully saturated rings. The van der Waals surface area contributed by atoms with Crippen LogP contribution in [0.3, 0.4) is 0 Å². The summed E-state index contributed by atoms with van der Waals surface area (Å²) in [7, 11) is -1.23. The molecule has 29 heavy (non-hydrogen) atoms. The molecule has 10 heteroatoms. The Balaban J connectivity index is 1.57. The fourth-order valence-electron chi connectivity index (χ4n) is 4.10. The van der Waals surface area contributed by atoms with E-state index in [2.05, 4.69) is 9.98 Å². The van der Waals surface area contributed by atoms with Gasteiger partial charge >= 0.3 is 13.1 Å². The Morgan fingerprint density at radius 1 is 1.17 bits per heavy atom. The van der Waals surface area contributed by atoms with E-state index in [-0.39, 0.29) is 17.3 Å². The van der Waals surface area contributed by atoms with E-state index in [1.807, 2.05) is 0 Å². The minimum atomic E-state index is -1.23. The monoisotopic (exact) mass is 401 g/mol. The van der Waals surface area contributed by atoms with E-state index in [9.17, 15) is 14.9 Å². The Morgan fingerprint density at radius 2 is 1.86 bits per heavy atom. The fourth-order valence-corrected chi connectivity index (χ4v) is 4.10. The van der Waals surface area contributed by atoms with Gasteiger partial charge in [0.15, 0.2) is 5.96 Å². The van der Waals surface area contributed by atoms with Gasteiger partial charge in [0.25, 0.3) is 0 Å². The number of carbonyl (C=O) groups is 1. The summed E-state index contributed by atoms with van der Waals surface area (Å²) in [5.74, 6) is 0.131. The number of guanidine groups is 1. The highest BCUT2D eigenvalue weighted by Crippen LogP contribution is 2.33. The molecule has 1 aliphatic heterocycles. The molecule has 0 amide bonds. The van der Waals surface area contributed by atoms with Crippen LogP contribution in [0.15, 0.2) is 28.2 Å². The molecule has 0 spiro atoms. The average molecular weight is 401 g/mol. The zero-order valence-electron chi connectivity index (χ0n) is 16.3. The van der Waals surface area contributed by atoms with Crippen LogP contribution in [0.2, 0.25) is 0 Å². The molecule has 0 saturated heterocycles. The topological polar surface area (TPSA) is 170 Å². The molecule has 1 aromatic rings. The summed E-state index contributed by atoms with van der Waals surface area (Å²) < 4.78 is 5.47. The molecular weight excluding hydrogens is 373 g/mol. The van der Waals surface area contributed by atoms with Gasteiger partial charge in [0.2, 0.25) is 0 Å². The highest BCUT2D eigenvalue weighted by Gasteiger charge is 2.37. The normalized spacial score (nSPS) is 24.4. The average Bonchev–Trinajstić information content (AvgIpc) is 2.67. The van der Waals surface area contributed by atoms with E-state index in [0.29, 0.717) is 42.6 Å². The van der Waals surface area contributed by atoms with Crippen molar-refractivity contribution in [1.29, 1.82) is 0 Å². The van der Waals surface area contributed by atoms with Gasteiger partial charge in [-0.25, -0.2) is 4.79 Å². The van der Waals surface area contributed by atoms with Crippen molar-refractivity contribution in [3.63, 3.8) is 0 Å². The lowest BCUT2D eigenvalue weighted by Gasteiger charge is -2.28. The fraction of sp³-hybridized carbons (Fsp3) is 0.526. The minimum absolute atomic E-state index is 0.0365. The van der Waals surface area contributed by atoms with Crippen LogP contribution in [0.5, 0.6) is 5.75 Å². The predicted molar refractivity (Wildman–Crippen MR) is 112 cm³/mol. The van der Waals surface area contributed by atoms with Gasteiger partial charge in [0.1, 0.15) is 11.7 Å². The summed E-state index contributed by atoms with van der Waals surface area (Å²) in [5.41, 5.74) is 17.7. The quantitative estimate of drug-likeness (QED) is 0.263. The SMILES string of the molecule is NC(N)=NCC1CCC(C/C(N)=N/[C@H]2Cc3cccc(C(=O)O)c3OB2O)CC1. The van der Waals surface area contributed by atoms with Crippen LogP contribution in [0.25, 0.3) is 0 Å². The molecule has 0 aromatic heterocycles. The lowest BCUT2D eigenvalue weighted by Crippen LogP contribution is -2.43. The maximum absolute atomic E-state index is 11.3. The van der Waals surface area contributed by atoms with Gasteiger partial charge in [-0.1, -0.05) is 12.1 Å². The third-order valence-electron chi connectivity index (χ3n) is 5.65. The Kier molecular flexibility index (Phi) is 6.63. The van der Waals surface area contributed by atoms with Gasteiger partial charge in [-0.05, 0) is 55.6 Å². The number of rotatable bonds is 6. The predicted octanol–water partition coefficient (Wildman–Crippen LogP) is 0.535. The summed E-state index contributed by atoms with van der Waals surface area (Å²) in [4.78, 5) is 19.9. The zero-order valence-corrected chi connectivity index (χ0v) is 16.3. The lowest BCUT2D eigenvalue weighted by atomic mass is 9.72. The molecule has 0 unspecified atom stereocenters. The number of aromatic carboxylic acids is 1. The van der Waals surface area contributed by atoms with Crippen LogP contribution in [-0.4, -0.2) is 47.5 Å². The third-order valence-corrected chi connectivity index (χ3v) is 5.65. The highest BCUT2D eigenvalue weighted by atomic mass is 16.5. The van der Waals surface area contributed by atoms with E-state index in [4.69, 9.17) is 21.9 Å². The second kappa shape index (κ2) is 9.17. The van der Waals surface area contributed by atoms with Gasteiger partial charge in [-0.15, -0.1) is 0 Å².